The van der Waals surface area contributed by atoms with Crippen molar-refractivity contribution in [2.45, 2.75) is 200 Å². The molecule has 0 radical (unpaired) electrons. The fraction of sp³-hybridized carbons (Fsp3) is 0.970. The van der Waals surface area contributed by atoms with Gasteiger partial charge in [-0.05, 0) is 12.8 Å². The van der Waals surface area contributed by atoms with Crippen LogP contribution in [0.1, 0.15) is 200 Å². The number of carbonyl (C=O) groups excluding carboxylic acids is 1. The normalized spacial score (nSPS) is 11.3. The molecule has 0 N–H and O–H groups in total. The fourth-order valence-electron chi connectivity index (χ4n) is 5.02. The predicted molar refractivity (Wildman–Crippen MR) is 156 cm³/mol. The topological polar surface area (TPSA) is 26.3 Å². The molecule has 0 aromatic rings. The van der Waals surface area contributed by atoms with E-state index in [-0.39, 0.29) is 5.97 Å². The van der Waals surface area contributed by atoms with Gasteiger partial charge in [-0.15, -0.1) is 0 Å². The Kier molecular flexibility index (Phi) is 31.0. The summed E-state index contributed by atoms with van der Waals surface area (Å²) in [6.45, 7) is 5.19. The monoisotopic (exact) mass is 495 g/mol. The summed E-state index contributed by atoms with van der Waals surface area (Å²) in [7, 11) is 0. The average Bonchev–Trinajstić information content (AvgIpc) is 2.86. The molecule has 0 heterocycles. The Morgan fingerprint density at radius 2 is 0.629 bits per heavy atom. The highest BCUT2D eigenvalue weighted by molar-refractivity contribution is 5.69. The van der Waals surface area contributed by atoms with Crippen LogP contribution < -0.4 is 0 Å². The number of hydrogen-bond donors (Lipinski definition) is 0. The molecular formula is C33H66O2. The van der Waals surface area contributed by atoms with E-state index in [2.05, 4.69) is 13.8 Å². The van der Waals surface area contributed by atoms with Crippen molar-refractivity contribution in [1.29, 1.82) is 0 Å². The molecule has 0 fully saturated rings. The molecule has 0 aliphatic heterocycles. The number of unbranched alkanes of at least 4 members (excludes halogenated alkanes) is 26. The predicted octanol–water partition coefficient (Wildman–Crippen LogP) is 11.9. The molecule has 35 heavy (non-hydrogen) atoms. The van der Waals surface area contributed by atoms with Crippen LogP contribution in [0.15, 0.2) is 0 Å². The van der Waals surface area contributed by atoms with Crippen molar-refractivity contribution in [3.63, 3.8) is 0 Å². The zero-order valence-corrected chi connectivity index (χ0v) is 24.5. The van der Waals surface area contributed by atoms with Crippen molar-refractivity contribution >= 4 is 5.97 Å². The first-order valence-electron chi connectivity index (χ1n) is 16.5. The van der Waals surface area contributed by atoms with E-state index in [0.29, 0.717) is 13.0 Å². The second-order valence-corrected chi connectivity index (χ2v) is 11.2. The van der Waals surface area contributed by atoms with Gasteiger partial charge in [-0.1, -0.05) is 181 Å². The highest BCUT2D eigenvalue weighted by Crippen LogP contribution is 2.15. The highest BCUT2D eigenvalue weighted by atomic mass is 16.5. The van der Waals surface area contributed by atoms with E-state index in [9.17, 15) is 4.79 Å². The van der Waals surface area contributed by atoms with Crippen LogP contribution in [-0.2, 0) is 9.53 Å². The Bertz CT molecular complexity index is 393. The van der Waals surface area contributed by atoms with Crippen LogP contribution in [-0.4, -0.2) is 12.6 Å². The van der Waals surface area contributed by atoms with Gasteiger partial charge in [0, 0.05) is 6.42 Å². The molecule has 2 nitrogen and oxygen atoms in total. The van der Waals surface area contributed by atoms with Crippen molar-refractivity contribution in [2.75, 3.05) is 6.61 Å². The minimum absolute atomic E-state index is 0.0235. The molecule has 0 aromatic carbocycles. The van der Waals surface area contributed by atoms with Crippen LogP contribution in [0.4, 0.5) is 0 Å². The van der Waals surface area contributed by atoms with Crippen molar-refractivity contribution in [2.24, 2.45) is 0 Å². The first-order valence-corrected chi connectivity index (χ1v) is 16.5. The van der Waals surface area contributed by atoms with E-state index in [4.69, 9.17) is 4.74 Å². The Labute approximate surface area is 222 Å². The van der Waals surface area contributed by atoms with Gasteiger partial charge in [0.15, 0.2) is 0 Å². The van der Waals surface area contributed by atoms with E-state index in [1.807, 2.05) is 0 Å². The Morgan fingerprint density at radius 1 is 0.371 bits per heavy atom. The number of ether oxygens (including phenoxy) is 1. The summed E-state index contributed by atoms with van der Waals surface area (Å²) >= 11 is 0. The lowest BCUT2D eigenvalue weighted by molar-refractivity contribution is -0.143. The minimum atomic E-state index is 0.0235. The quantitative estimate of drug-likeness (QED) is 0.0732. The van der Waals surface area contributed by atoms with Crippen molar-refractivity contribution in [3.8, 4) is 0 Å². The average molecular weight is 495 g/mol. The van der Waals surface area contributed by atoms with Gasteiger partial charge in [0.05, 0.1) is 6.61 Å². The maximum atomic E-state index is 11.8. The summed E-state index contributed by atoms with van der Waals surface area (Å²) in [5.41, 5.74) is 0. The van der Waals surface area contributed by atoms with E-state index < -0.39 is 0 Å². The van der Waals surface area contributed by atoms with Crippen LogP contribution in [0.3, 0.4) is 0 Å². The summed E-state index contributed by atoms with van der Waals surface area (Å²) in [6.07, 6.45) is 38.7. The van der Waals surface area contributed by atoms with Crippen LogP contribution in [0.25, 0.3) is 0 Å². The molecule has 0 saturated heterocycles. The van der Waals surface area contributed by atoms with Gasteiger partial charge in [-0.3, -0.25) is 4.79 Å². The number of carbonyl (C=O) groups is 1. The number of rotatable bonds is 30. The van der Waals surface area contributed by atoms with Crippen LogP contribution in [0.2, 0.25) is 0 Å². The first kappa shape index (κ1) is 34.5. The van der Waals surface area contributed by atoms with E-state index in [0.717, 1.165) is 12.8 Å². The van der Waals surface area contributed by atoms with E-state index in [1.54, 1.807) is 0 Å². The van der Waals surface area contributed by atoms with Crippen molar-refractivity contribution < 1.29 is 9.53 Å². The van der Waals surface area contributed by atoms with Gasteiger partial charge in [0.1, 0.15) is 0 Å². The second kappa shape index (κ2) is 31.5. The third-order valence-corrected chi connectivity index (χ3v) is 7.50. The molecule has 0 spiro atoms. The third-order valence-electron chi connectivity index (χ3n) is 7.50. The second-order valence-electron chi connectivity index (χ2n) is 11.2. The van der Waals surface area contributed by atoms with Gasteiger partial charge in [-0.25, -0.2) is 0 Å². The van der Waals surface area contributed by atoms with Gasteiger partial charge in [0.25, 0.3) is 0 Å². The summed E-state index contributed by atoms with van der Waals surface area (Å²) < 4.78 is 5.39. The molecule has 0 aliphatic rings. The molecular weight excluding hydrogens is 428 g/mol. The minimum Gasteiger partial charge on any atom is -0.466 e. The fourth-order valence-corrected chi connectivity index (χ4v) is 5.02. The zero-order chi connectivity index (χ0) is 25.5. The Morgan fingerprint density at radius 3 is 0.943 bits per heavy atom. The largest absolute Gasteiger partial charge is 0.466 e. The summed E-state index contributed by atoms with van der Waals surface area (Å²) in [5, 5.41) is 0. The van der Waals surface area contributed by atoms with E-state index >= 15 is 0 Å². The molecule has 0 bridgehead atoms. The number of hydrogen-bond acceptors (Lipinski definition) is 2. The lowest BCUT2D eigenvalue weighted by atomic mass is 10.0. The van der Waals surface area contributed by atoms with Gasteiger partial charge >= 0.3 is 5.97 Å². The van der Waals surface area contributed by atoms with Crippen molar-refractivity contribution in [3.05, 3.63) is 0 Å². The molecule has 0 unspecified atom stereocenters. The third kappa shape index (κ3) is 31.4. The lowest BCUT2D eigenvalue weighted by Gasteiger charge is -2.06. The molecule has 0 rings (SSSR count). The summed E-state index contributed by atoms with van der Waals surface area (Å²) in [6, 6.07) is 0. The van der Waals surface area contributed by atoms with Crippen LogP contribution in [0, 0.1) is 0 Å². The summed E-state index contributed by atoms with van der Waals surface area (Å²) in [5.74, 6) is 0.0235. The van der Waals surface area contributed by atoms with E-state index in [1.165, 1.54) is 167 Å². The Hall–Kier alpha value is -0.530. The van der Waals surface area contributed by atoms with Crippen LogP contribution in [0.5, 0.6) is 0 Å². The first-order chi connectivity index (χ1) is 17.3. The zero-order valence-electron chi connectivity index (χ0n) is 24.5. The summed E-state index contributed by atoms with van der Waals surface area (Å²) in [4.78, 5) is 11.8. The Balaban J connectivity index is 3.12. The van der Waals surface area contributed by atoms with Gasteiger partial charge in [-0.2, -0.15) is 0 Å². The molecule has 2 heteroatoms. The smallest absolute Gasteiger partial charge is 0.305 e. The molecule has 0 saturated carbocycles. The maximum Gasteiger partial charge on any atom is 0.305 e. The number of esters is 1. The molecule has 210 valence electrons. The van der Waals surface area contributed by atoms with Gasteiger partial charge in [0.2, 0.25) is 0 Å². The van der Waals surface area contributed by atoms with Gasteiger partial charge < -0.3 is 4.74 Å². The SMILES string of the molecule is CCCCCCCCCCCCCCCCCCCCCCC(=O)OCCCCCCCCCC. The molecule has 0 aromatic heterocycles. The molecule has 0 aliphatic carbocycles. The highest BCUT2D eigenvalue weighted by Gasteiger charge is 2.02. The molecule has 0 amide bonds. The lowest BCUT2D eigenvalue weighted by Crippen LogP contribution is -2.05. The standard InChI is InChI=1S/C33H66O2/c1-3-5-7-9-11-13-14-15-16-17-18-19-20-21-22-23-24-25-27-29-31-33(34)35-32-30-28-26-12-10-8-6-4-2/h3-32H2,1-2H3. The van der Waals surface area contributed by atoms with Crippen LogP contribution >= 0.6 is 0 Å². The molecule has 0 atom stereocenters. The maximum absolute atomic E-state index is 11.8. The van der Waals surface area contributed by atoms with Crippen molar-refractivity contribution in [1.82, 2.24) is 0 Å².